The summed E-state index contributed by atoms with van der Waals surface area (Å²) in [5.74, 6) is -0.0253. The fourth-order valence-electron chi connectivity index (χ4n) is 1.40. The molecule has 0 fully saturated rings. The maximum Gasteiger partial charge on any atom is 0.197 e. The maximum atomic E-state index is 13.8. The lowest BCUT2D eigenvalue weighted by Gasteiger charge is -2.20. The van der Waals surface area contributed by atoms with Crippen LogP contribution in [0.3, 0.4) is 0 Å². The monoisotopic (exact) mass is 271 g/mol. The van der Waals surface area contributed by atoms with E-state index in [9.17, 15) is 4.39 Å². The van der Waals surface area contributed by atoms with Gasteiger partial charge in [0.1, 0.15) is 13.2 Å². The van der Waals surface area contributed by atoms with Crippen LogP contribution >= 0.6 is 15.9 Å². The van der Waals surface area contributed by atoms with Crippen molar-refractivity contribution in [3.8, 4) is 17.6 Å². The SMILES string of the molecule is N#CCc1c(Br)cc2c(c1F)OCCO2. The molecule has 0 saturated carbocycles. The van der Waals surface area contributed by atoms with E-state index in [1.165, 1.54) is 0 Å². The van der Waals surface area contributed by atoms with Crippen molar-refractivity contribution in [3.63, 3.8) is 0 Å². The molecule has 5 heteroatoms. The Bertz CT molecular complexity index is 442. The van der Waals surface area contributed by atoms with Crippen LogP contribution in [0.25, 0.3) is 0 Å². The average Bonchev–Trinajstić information content (AvgIpc) is 2.24. The molecular formula is C10H7BrFNO2. The van der Waals surface area contributed by atoms with Gasteiger partial charge in [0, 0.05) is 10.0 Å². The first-order valence-electron chi connectivity index (χ1n) is 4.37. The Morgan fingerprint density at radius 3 is 2.93 bits per heavy atom. The number of halogens is 2. The van der Waals surface area contributed by atoms with Crippen LogP contribution in [0.4, 0.5) is 4.39 Å². The van der Waals surface area contributed by atoms with Crippen LogP contribution < -0.4 is 9.47 Å². The van der Waals surface area contributed by atoms with Gasteiger partial charge in [0.15, 0.2) is 17.3 Å². The highest BCUT2D eigenvalue weighted by Crippen LogP contribution is 2.38. The van der Waals surface area contributed by atoms with Gasteiger partial charge < -0.3 is 9.47 Å². The molecule has 78 valence electrons. The molecule has 0 aliphatic carbocycles. The van der Waals surface area contributed by atoms with E-state index in [2.05, 4.69) is 15.9 Å². The molecule has 1 aromatic rings. The average molecular weight is 272 g/mol. The van der Waals surface area contributed by atoms with E-state index in [1.54, 1.807) is 6.07 Å². The molecule has 0 N–H and O–H groups in total. The van der Waals surface area contributed by atoms with E-state index in [0.717, 1.165) is 0 Å². The first-order chi connectivity index (χ1) is 7.24. The molecule has 3 nitrogen and oxygen atoms in total. The molecule has 0 radical (unpaired) electrons. The molecule has 0 unspecified atom stereocenters. The standard InChI is InChI=1S/C10H7BrFNO2/c11-7-5-8-10(15-4-3-14-8)9(12)6(7)1-2-13/h5H,1,3-4H2. The van der Waals surface area contributed by atoms with Crippen LogP contribution in [0.1, 0.15) is 5.56 Å². The molecule has 15 heavy (non-hydrogen) atoms. The van der Waals surface area contributed by atoms with E-state index < -0.39 is 5.82 Å². The van der Waals surface area contributed by atoms with Crippen molar-refractivity contribution < 1.29 is 13.9 Å². The van der Waals surface area contributed by atoms with Gasteiger partial charge in [-0.05, 0) is 6.07 Å². The Kier molecular flexibility index (Phi) is 2.78. The molecule has 0 atom stereocenters. The Hall–Kier alpha value is -1.28. The normalized spacial score (nSPS) is 13.4. The molecule has 1 aliphatic rings. The third-order valence-electron chi connectivity index (χ3n) is 2.08. The largest absolute Gasteiger partial charge is 0.486 e. The van der Waals surface area contributed by atoms with Crippen molar-refractivity contribution >= 4 is 15.9 Å². The lowest BCUT2D eigenvalue weighted by molar-refractivity contribution is 0.164. The van der Waals surface area contributed by atoms with Gasteiger partial charge in [0.2, 0.25) is 0 Å². The van der Waals surface area contributed by atoms with Crippen LogP contribution in [0, 0.1) is 17.1 Å². The number of ether oxygens (including phenoxy) is 2. The van der Waals surface area contributed by atoms with E-state index >= 15 is 0 Å². The highest BCUT2D eigenvalue weighted by Gasteiger charge is 2.22. The highest BCUT2D eigenvalue weighted by atomic mass is 79.9. The van der Waals surface area contributed by atoms with Gasteiger partial charge in [-0.2, -0.15) is 5.26 Å². The van der Waals surface area contributed by atoms with Crippen LogP contribution in [-0.4, -0.2) is 13.2 Å². The second kappa shape index (κ2) is 4.07. The third-order valence-corrected chi connectivity index (χ3v) is 2.78. The first kappa shape index (κ1) is 10.2. The lowest BCUT2D eigenvalue weighted by Crippen LogP contribution is -2.17. The number of hydrogen-bond acceptors (Lipinski definition) is 3. The second-order valence-electron chi connectivity index (χ2n) is 3.01. The van der Waals surface area contributed by atoms with E-state index in [0.29, 0.717) is 29.0 Å². The zero-order valence-electron chi connectivity index (χ0n) is 7.72. The summed E-state index contributed by atoms with van der Waals surface area (Å²) < 4.78 is 24.8. The molecule has 1 heterocycles. The molecule has 2 rings (SSSR count). The highest BCUT2D eigenvalue weighted by molar-refractivity contribution is 9.10. The molecular weight excluding hydrogens is 265 g/mol. The molecule has 1 aliphatic heterocycles. The zero-order valence-corrected chi connectivity index (χ0v) is 9.30. The lowest BCUT2D eigenvalue weighted by atomic mass is 10.1. The quantitative estimate of drug-likeness (QED) is 0.788. The minimum atomic E-state index is -0.513. The number of fused-ring (bicyclic) bond motifs is 1. The summed E-state index contributed by atoms with van der Waals surface area (Å²) in [4.78, 5) is 0. The molecule has 0 saturated heterocycles. The minimum Gasteiger partial charge on any atom is -0.486 e. The van der Waals surface area contributed by atoms with Gasteiger partial charge in [0.05, 0.1) is 12.5 Å². The number of hydrogen-bond donors (Lipinski definition) is 0. The molecule has 0 aromatic heterocycles. The number of rotatable bonds is 1. The minimum absolute atomic E-state index is 0.00303. The summed E-state index contributed by atoms with van der Waals surface area (Å²) in [6.45, 7) is 0.744. The summed E-state index contributed by atoms with van der Waals surface area (Å²) in [6, 6.07) is 3.54. The summed E-state index contributed by atoms with van der Waals surface area (Å²) in [7, 11) is 0. The summed E-state index contributed by atoms with van der Waals surface area (Å²) in [6.07, 6.45) is 0.00303. The van der Waals surface area contributed by atoms with Crippen molar-refractivity contribution in [3.05, 3.63) is 21.9 Å². The Morgan fingerprint density at radius 1 is 1.47 bits per heavy atom. The Labute approximate surface area is 94.5 Å². The van der Waals surface area contributed by atoms with Crippen molar-refractivity contribution in [1.82, 2.24) is 0 Å². The van der Waals surface area contributed by atoms with E-state index in [1.807, 2.05) is 6.07 Å². The van der Waals surface area contributed by atoms with Gasteiger partial charge in [0.25, 0.3) is 0 Å². The molecule has 0 spiro atoms. The smallest absolute Gasteiger partial charge is 0.197 e. The Morgan fingerprint density at radius 2 is 2.20 bits per heavy atom. The van der Waals surface area contributed by atoms with Gasteiger partial charge in [-0.15, -0.1) is 0 Å². The predicted molar refractivity (Wildman–Crippen MR) is 54.4 cm³/mol. The van der Waals surface area contributed by atoms with Gasteiger partial charge in [-0.25, -0.2) is 4.39 Å². The first-order valence-corrected chi connectivity index (χ1v) is 5.16. The fraction of sp³-hybridized carbons (Fsp3) is 0.300. The molecule has 1 aromatic carbocycles. The second-order valence-corrected chi connectivity index (χ2v) is 3.86. The number of nitriles is 1. The summed E-state index contributed by atoms with van der Waals surface area (Å²) >= 11 is 3.20. The van der Waals surface area contributed by atoms with Gasteiger partial charge in [-0.1, -0.05) is 15.9 Å². The molecule has 0 bridgehead atoms. The van der Waals surface area contributed by atoms with Crippen LogP contribution in [0.15, 0.2) is 10.5 Å². The van der Waals surface area contributed by atoms with Gasteiger partial charge >= 0.3 is 0 Å². The van der Waals surface area contributed by atoms with E-state index in [4.69, 9.17) is 14.7 Å². The topological polar surface area (TPSA) is 42.2 Å². The zero-order chi connectivity index (χ0) is 10.8. The maximum absolute atomic E-state index is 13.8. The fourth-order valence-corrected chi connectivity index (χ4v) is 1.92. The Balaban J connectivity index is 2.55. The number of nitrogens with zero attached hydrogens (tertiary/aromatic N) is 1. The van der Waals surface area contributed by atoms with Crippen molar-refractivity contribution in [2.24, 2.45) is 0 Å². The van der Waals surface area contributed by atoms with Crippen molar-refractivity contribution in [2.45, 2.75) is 6.42 Å². The summed E-state index contributed by atoms with van der Waals surface area (Å²) in [5, 5.41) is 8.56. The van der Waals surface area contributed by atoms with Crippen molar-refractivity contribution in [2.75, 3.05) is 13.2 Å². The van der Waals surface area contributed by atoms with Crippen LogP contribution in [0.2, 0.25) is 0 Å². The molecule has 0 amide bonds. The number of benzene rings is 1. The predicted octanol–water partition coefficient (Wildman–Crippen LogP) is 2.43. The summed E-state index contributed by atoms with van der Waals surface area (Å²) in [5.41, 5.74) is 0.307. The van der Waals surface area contributed by atoms with Crippen LogP contribution in [0.5, 0.6) is 11.5 Å². The third kappa shape index (κ3) is 1.77. The van der Waals surface area contributed by atoms with E-state index in [-0.39, 0.29) is 12.2 Å². The van der Waals surface area contributed by atoms with Crippen molar-refractivity contribution in [1.29, 1.82) is 5.26 Å². The van der Waals surface area contributed by atoms with Crippen LogP contribution in [-0.2, 0) is 6.42 Å². The van der Waals surface area contributed by atoms with Gasteiger partial charge in [-0.3, -0.25) is 0 Å².